The van der Waals surface area contributed by atoms with Crippen LogP contribution < -0.4 is 5.32 Å². The molecule has 0 saturated heterocycles. The SMILES string of the molecule is CCNCC(=O)N(CCCN(C)C)CCCN(C)C. The fraction of sp³-hybridized carbons (Fsp3) is 0.929. The summed E-state index contributed by atoms with van der Waals surface area (Å²) in [5, 5.41) is 3.11. The smallest absolute Gasteiger partial charge is 0.236 e. The Balaban J connectivity index is 4.09. The first-order chi connectivity index (χ1) is 8.97. The van der Waals surface area contributed by atoms with Crippen LogP contribution in [-0.2, 0) is 4.79 Å². The van der Waals surface area contributed by atoms with Crippen LogP contribution in [-0.4, -0.2) is 88.1 Å². The average Bonchev–Trinajstić information content (AvgIpc) is 2.33. The van der Waals surface area contributed by atoms with Crippen molar-refractivity contribution in [3.63, 3.8) is 0 Å². The summed E-state index contributed by atoms with van der Waals surface area (Å²) < 4.78 is 0. The monoisotopic (exact) mass is 272 g/mol. The van der Waals surface area contributed by atoms with Crippen LogP contribution in [0.15, 0.2) is 0 Å². The molecule has 0 aromatic carbocycles. The maximum Gasteiger partial charge on any atom is 0.236 e. The Morgan fingerprint density at radius 1 is 0.895 bits per heavy atom. The van der Waals surface area contributed by atoms with Crippen LogP contribution in [0.25, 0.3) is 0 Å². The number of nitrogens with zero attached hydrogens (tertiary/aromatic N) is 3. The van der Waals surface area contributed by atoms with Gasteiger partial charge in [0.1, 0.15) is 0 Å². The van der Waals surface area contributed by atoms with E-state index in [-0.39, 0.29) is 5.91 Å². The van der Waals surface area contributed by atoms with Gasteiger partial charge in [0.2, 0.25) is 5.91 Å². The van der Waals surface area contributed by atoms with Crippen molar-refractivity contribution in [2.75, 3.05) is 67.5 Å². The van der Waals surface area contributed by atoms with Crippen molar-refractivity contribution in [3.8, 4) is 0 Å². The highest BCUT2D eigenvalue weighted by molar-refractivity contribution is 5.78. The highest BCUT2D eigenvalue weighted by atomic mass is 16.2. The molecule has 5 nitrogen and oxygen atoms in total. The first-order valence-corrected chi connectivity index (χ1v) is 7.25. The molecular weight excluding hydrogens is 240 g/mol. The van der Waals surface area contributed by atoms with Gasteiger partial charge in [-0.3, -0.25) is 4.79 Å². The van der Waals surface area contributed by atoms with Crippen molar-refractivity contribution >= 4 is 5.91 Å². The second-order valence-electron chi connectivity index (χ2n) is 5.47. The molecular formula is C14H32N4O. The number of rotatable bonds is 11. The van der Waals surface area contributed by atoms with E-state index in [4.69, 9.17) is 0 Å². The molecule has 0 unspecified atom stereocenters. The van der Waals surface area contributed by atoms with Crippen molar-refractivity contribution in [3.05, 3.63) is 0 Å². The lowest BCUT2D eigenvalue weighted by Gasteiger charge is -2.24. The van der Waals surface area contributed by atoms with E-state index >= 15 is 0 Å². The van der Waals surface area contributed by atoms with Crippen molar-refractivity contribution in [2.24, 2.45) is 0 Å². The minimum atomic E-state index is 0.222. The zero-order valence-corrected chi connectivity index (χ0v) is 13.4. The van der Waals surface area contributed by atoms with Gasteiger partial charge in [0.15, 0.2) is 0 Å². The second-order valence-corrected chi connectivity index (χ2v) is 5.47. The van der Waals surface area contributed by atoms with Crippen LogP contribution in [0.4, 0.5) is 0 Å². The van der Waals surface area contributed by atoms with Gasteiger partial charge in [0.25, 0.3) is 0 Å². The Kier molecular flexibility index (Phi) is 10.8. The van der Waals surface area contributed by atoms with E-state index in [1.54, 1.807) is 0 Å². The molecule has 1 amide bonds. The van der Waals surface area contributed by atoms with Gasteiger partial charge in [0, 0.05) is 13.1 Å². The van der Waals surface area contributed by atoms with Crippen LogP contribution in [0, 0.1) is 0 Å². The van der Waals surface area contributed by atoms with Gasteiger partial charge in [-0.15, -0.1) is 0 Å². The lowest BCUT2D eigenvalue weighted by atomic mass is 10.3. The summed E-state index contributed by atoms with van der Waals surface area (Å²) in [6, 6.07) is 0. The van der Waals surface area contributed by atoms with E-state index < -0.39 is 0 Å². The third-order valence-electron chi connectivity index (χ3n) is 2.95. The number of amides is 1. The predicted molar refractivity (Wildman–Crippen MR) is 81.5 cm³/mol. The molecule has 0 aromatic heterocycles. The molecule has 0 rings (SSSR count). The number of carbonyl (C=O) groups is 1. The van der Waals surface area contributed by atoms with E-state index in [1.807, 2.05) is 11.8 Å². The summed E-state index contributed by atoms with van der Waals surface area (Å²) in [6.45, 7) is 7.09. The summed E-state index contributed by atoms with van der Waals surface area (Å²) >= 11 is 0. The fourth-order valence-electron chi connectivity index (χ4n) is 1.86. The molecule has 1 N–H and O–H groups in total. The van der Waals surface area contributed by atoms with Gasteiger partial charge in [-0.2, -0.15) is 0 Å². The summed E-state index contributed by atoms with van der Waals surface area (Å²) in [5.41, 5.74) is 0. The minimum absolute atomic E-state index is 0.222. The standard InChI is InChI=1S/C14H32N4O/c1-6-15-13-14(19)18(11-7-9-16(2)3)12-8-10-17(4)5/h15H,6-13H2,1-5H3. The number of hydrogen-bond acceptors (Lipinski definition) is 4. The van der Waals surface area contributed by atoms with Gasteiger partial charge < -0.3 is 20.0 Å². The highest BCUT2D eigenvalue weighted by Crippen LogP contribution is 1.97. The molecule has 19 heavy (non-hydrogen) atoms. The van der Waals surface area contributed by atoms with E-state index in [2.05, 4.69) is 43.3 Å². The third-order valence-corrected chi connectivity index (χ3v) is 2.95. The molecule has 0 aliphatic heterocycles. The second kappa shape index (κ2) is 11.2. The van der Waals surface area contributed by atoms with Gasteiger partial charge in [-0.05, 0) is 60.7 Å². The maximum atomic E-state index is 12.1. The number of nitrogens with one attached hydrogen (secondary N) is 1. The largest absolute Gasteiger partial charge is 0.341 e. The Labute approximate surface area is 118 Å². The first kappa shape index (κ1) is 18.4. The lowest BCUT2D eigenvalue weighted by molar-refractivity contribution is -0.130. The Hall–Kier alpha value is -0.650. The van der Waals surface area contributed by atoms with E-state index in [0.717, 1.165) is 45.6 Å². The van der Waals surface area contributed by atoms with Gasteiger partial charge in [-0.25, -0.2) is 0 Å². The molecule has 0 aliphatic carbocycles. The number of hydrogen-bond donors (Lipinski definition) is 1. The zero-order chi connectivity index (χ0) is 14.7. The van der Waals surface area contributed by atoms with Crippen molar-refractivity contribution in [1.82, 2.24) is 20.0 Å². The number of likely N-dealkylation sites (N-methyl/N-ethyl adjacent to an activating group) is 1. The van der Waals surface area contributed by atoms with Crippen molar-refractivity contribution < 1.29 is 4.79 Å². The van der Waals surface area contributed by atoms with Crippen molar-refractivity contribution in [1.29, 1.82) is 0 Å². The molecule has 0 fully saturated rings. The minimum Gasteiger partial charge on any atom is -0.341 e. The fourth-order valence-corrected chi connectivity index (χ4v) is 1.86. The summed E-state index contributed by atoms with van der Waals surface area (Å²) in [7, 11) is 8.27. The Morgan fingerprint density at radius 3 is 1.74 bits per heavy atom. The topological polar surface area (TPSA) is 38.8 Å². The summed E-state index contributed by atoms with van der Waals surface area (Å²) in [6.07, 6.45) is 2.07. The number of carbonyl (C=O) groups excluding carboxylic acids is 1. The molecule has 0 aliphatic rings. The van der Waals surface area contributed by atoms with Gasteiger partial charge in [-0.1, -0.05) is 6.92 Å². The van der Waals surface area contributed by atoms with Crippen LogP contribution in [0.5, 0.6) is 0 Å². The first-order valence-electron chi connectivity index (χ1n) is 7.25. The average molecular weight is 272 g/mol. The molecule has 0 atom stereocenters. The quantitative estimate of drug-likeness (QED) is 0.588. The lowest BCUT2D eigenvalue weighted by Crippen LogP contribution is -2.40. The molecule has 0 radical (unpaired) electrons. The zero-order valence-electron chi connectivity index (χ0n) is 13.4. The van der Waals surface area contributed by atoms with Crippen molar-refractivity contribution in [2.45, 2.75) is 19.8 Å². The van der Waals surface area contributed by atoms with Crippen LogP contribution in [0.1, 0.15) is 19.8 Å². The molecule has 0 aromatic rings. The summed E-state index contributed by atoms with van der Waals surface area (Å²) in [5.74, 6) is 0.222. The molecule has 0 bridgehead atoms. The normalized spacial score (nSPS) is 11.3. The van der Waals surface area contributed by atoms with Crippen LogP contribution >= 0.6 is 0 Å². The molecule has 0 heterocycles. The molecule has 114 valence electrons. The van der Waals surface area contributed by atoms with E-state index in [0.29, 0.717) is 6.54 Å². The highest BCUT2D eigenvalue weighted by Gasteiger charge is 2.12. The van der Waals surface area contributed by atoms with Crippen LogP contribution in [0.3, 0.4) is 0 Å². The van der Waals surface area contributed by atoms with E-state index in [9.17, 15) is 4.79 Å². The van der Waals surface area contributed by atoms with Crippen LogP contribution in [0.2, 0.25) is 0 Å². The molecule has 0 spiro atoms. The van der Waals surface area contributed by atoms with Gasteiger partial charge in [0.05, 0.1) is 6.54 Å². The Bertz CT molecular complexity index is 217. The maximum absolute atomic E-state index is 12.1. The third kappa shape index (κ3) is 10.9. The van der Waals surface area contributed by atoms with E-state index in [1.165, 1.54) is 0 Å². The molecule has 0 saturated carbocycles. The Morgan fingerprint density at radius 2 is 1.37 bits per heavy atom. The predicted octanol–water partition coefficient (Wildman–Crippen LogP) is 0.328. The van der Waals surface area contributed by atoms with Gasteiger partial charge >= 0.3 is 0 Å². The molecule has 5 heteroatoms. The summed E-state index contributed by atoms with van der Waals surface area (Å²) in [4.78, 5) is 18.4.